The second kappa shape index (κ2) is 4.14. The van der Waals surface area contributed by atoms with Gasteiger partial charge in [0, 0.05) is 6.20 Å². The Morgan fingerprint density at radius 1 is 1.43 bits per heavy atom. The molecule has 74 valence electrons. The summed E-state index contributed by atoms with van der Waals surface area (Å²) in [6, 6.07) is 3.91. The van der Waals surface area contributed by atoms with Crippen LogP contribution in [0.25, 0.3) is 5.57 Å². The summed E-state index contributed by atoms with van der Waals surface area (Å²) in [6.45, 7) is 2.30. The smallest absolute Gasteiger partial charge is 0.129 e. The van der Waals surface area contributed by atoms with E-state index in [4.69, 9.17) is 11.6 Å². The maximum absolute atomic E-state index is 5.74. The van der Waals surface area contributed by atoms with E-state index in [1.807, 2.05) is 12.3 Å². The monoisotopic (exact) mass is 207 g/mol. The molecule has 0 amide bonds. The van der Waals surface area contributed by atoms with Crippen LogP contribution in [0.1, 0.15) is 31.7 Å². The first-order valence-electron chi connectivity index (χ1n) is 5.06. The molecule has 0 spiro atoms. The minimum Gasteiger partial charge on any atom is -0.244 e. The van der Waals surface area contributed by atoms with Crippen molar-refractivity contribution < 1.29 is 0 Å². The van der Waals surface area contributed by atoms with E-state index in [1.54, 1.807) is 0 Å². The van der Waals surface area contributed by atoms with Gasteiger partial charge in [-0.15, -0.1) is 0 Å². The average molecular weight is 208 g/mol. The van der Waals surface area contributed by atoms with Crippen molar-refractivity contribution in [1.82, 2.24) is 4.98 Å². The number of pyridine rings is 1. The number of nitrogens with zero attached hydrogens (tertiary/aromatic N) is 1. The normalized spacial score (nSPS) is 21.9. The molecular weight excluding hydrogens is 194 g/mol. The van der Waals surface area contributed by atoms with Crippen molar-refractivity contribution in [2.75, 3.05) is 0 Å². The lowest BCUT2D eigenvalue weighted by Crippen LogP contribution is -2.01. The van der Waals surface area contributed by atoms with Gasteiger partial charge in [0.1, 0.15) is 5.15 Å². The second-order valence-corrected chi connectivity index (χ2v) is 4.37. The molecule has 0 aromatic carbocycles. The molecule has 1 aliphatic rings. The van der Waals surface area contributed by atoms with Crippen LogP contribution in [0, 0.1) is 5.92 Å². The molecule has 0 saturated carbocycles. The van der Waals surface area contributed by atoms with Gasteiger partial charge >= 0.3 is 0 Å². The first kappa shape index (κ1) is 9.72. The van der Waals surface area contributed by atoms with Gasteiger partial charge in [-0.25, -0.2) is 4.98 Å². The molecule has 1 unspecified atom stereocenters. The Morgan fingerprint density at radius 2 is 2.29 bits per heavy atom. The molecule has 1 heterocycles. The van der Waals surface area contributed by atoms with Crippen molar-refractivity contribution in [3.05, 3.63) is 35.1 Å². The highest BCUT2D eigenvalue weighted by molar-refractivity contribution is 6.29. The third-order valence-electron chi connectivity index (χ3n) is 2.77. The molecule has 0 radical (unpaired) electrons. The molecule has 0 bridgehead atoms. The van der Waals surface area contributed by atoms with E-state index >= 15 is 0 Å². The largest absolute Gasteiger partial charge is 0.244 e. The molecule has 1 aromatic rings. The summed E-state index contributed by atoms with van der Waals surface area (Å²) < 4.78 is 0. The summed E-state index contributed by atoms with van der Waals surface area (Å²) in [4.78, 5) is 4.10. The first-order valence-corrected chi connectivity index (χ1v) is 5.44. The van der Waals surface area contributed by atoms with E-state index in [1.165, 1.54) is 30.4 Å². The third-order valence-corrected chi connectivity index (χ3v) is 2.99. The fourth-order valence-electron chi connectivity index (χ4n) is 1.79. The summed E-state index contributed by atoms with van der Waals surface area (Å²) >= 11 is 5.74. The van der Waals surface area contributed by atoms with Crippen LogP contribution in [0.2, 0.25) is 5.15 Å². The zero-order chi connectivity index (χ0) is 9.97. The van der Waals surface area contributed by atoms with Crippen LogP contribution < -0.4 is 0 Å². The molecule has 0 aliphatic heterocycles. The van der Waals surface area contributed by atoms with Crippen molar-refractivity contribution in [2.24, 2.45) is 5.92 Å². The Labute approximate surface area is 89.8 Å². The van der Waals surface area contributed by atoms with Crippen LogP contribution in [0.4, 0.5) is 0 Å². The number of aromatic nitrogens is 1. The number of halogens is 1. The Hall–Kier alpha value is -0.820. The highest BCUT2D eigenvalue weighted by atomic mass is 35.5. The lowest BCUT2D eigenvalue weighted by molar-refractivity contribution is 0.534. The number of hydrogen-bond donors (Lipinski definition) is 0. The van der Waals surface area contributed by atoms with Gasteiger partial charge in [-0.3, -0.25) is 0 Å². The maximum atomic E-state index is 5.74. The van der Waals surface area contributed by atoms with E-state index in [0.717, 1.165) is 5.92 Å². The average Bonchev–Trinajstić information content (AvgIpc) is 2.21. The van der Waals surface area contributed by atoms with Crippen LogP contribution in [0.5, 0.6) is 0 Å². The Morgan fingerprint density at radius 3 is 2.86 bits per heavy atom. The Balaban J connectivity index is 2.19. The standard InChI is InChI=1S/C12H14ClN/c1-9-2-4-10(5-3-9)11-6-7-12(13)14-8-11/h4,6-9H,2-3,5H2,1H3. The summed E-state index contributed by atoms with van der Waals surface area (Å²) in [5.74, 6) is 0.832. The van der Waals surface area contributed by atoms with Crippen molar-refractivity contribution in [3.63, 3.8) is 0 Å². The number of rotatable bonds is 1. The topological polar surface area (TPSA) is 12.9 Å². The fraction of sp³-hybridized carbons (Fsp3) is 0.417. The van der Waals surface area contributed by atoms with Gasteiger partial charge in [0.2, 0.25) is 0 Å². The molecule has 1 atom stereocenters. The molecular formula is C12H14ClN. The molecule has 1 nitrogen and oxygen atoms in total. The number of allylic oxidation sites excluding steroid dienone is 2. The van der Waals surface area contributed by atoms with E-state index < -0.39 is 0 Å². The highest BCUT2D eigenvalue weighted by Gasteiger charge is 2.11. The van der Waals surface area contributed by atoms with Crippen LogP contribution >= 0.6 is 11.6 Å². The number of hydrogen-bond acceptors (Lipinski definition) is 1. The SMILES string of the molecule is CC1CC=C(c2ccc(Cl)nc2)CC1. The maximum Gasteiger partial charge on any atom is 0.129 e. The lowest BCUT2D eigenvalue weighted by Gasteiger charge is -2.18. The Bertz CT molecular complexity index is 340. The highest BCUT2D eigenvalue weighted by Crippen LogP contribution is 2.29. The van der Waals surface area contributed by atoms with Gasteiger partial charge in [-0.2, -0.15) is 0 Å². The molecule has 1 aromatic heterocycles. The Kier molecular flexibility index (Phi) is 2.87. The predicted octanol–water partition coefficient (Wildman–Crippen LogP) is 3.94. The van der Waals surface area contributed by atoms with Crippen molar-refractivity contribution in [1.29, 1.82) is 0 Å². The fourth-order valence-corrected chi connectivity index (χ4v) is 1.91. The predicted molar refractivity (Wildman–Crippen MR) is 60.2 cm³/mol. The molecule has 0 fully saturated rings. The summed E-state index contributed by atoms with van der Waals surface area (Å²) in [5, 5.41) is 0.568. The van der Waals surface area contributed by atoms with Gasteiger partial charge in [0.25, 0.3) is 0 Å². The van der Waals surface area contributed by atoms with E-state index in [-0.39, 0.29) is 0 Å². The van der Waals surface area contributed by atoms with Crippen molar-refractivity contribution in [3.8, 4) is 0 Å². The summed E-state index contributed by atoms with van der Waals surface area (Å²) in [5.41, 5.74) is 2.65. The van der Waals surface area contributed by atoms with E-state index in [2.05, 4.69) is 24.1 Å². The quantitative estimate of drug-likeness (QED) is 0.636. The second-order valence-electron chi connectivity index (χ2n) is 3.98. The van der Waals surface area contributed by atoms with Crippen LogP contribution in [0.3, 0.4) is 0 Å². The van der Waals surface area contributed by atoms with Crippen LogP contribution in [-0.2, 0) is 0 Å². The minimum absolute atomic E-state index is 0.568. The van der Waals surface area contributed by atoms with Crippen LogP contribution in [0.15, 0.2) is 24.4 Å². The molecule has 1 aliphatic carbocycles. The lowest BCUT2D eigenvalue weighted by atomic mass is 9.88. The summed E-state index contributed by atoms with van der Waals surface area (Å²) in [6.07, 6.45) is 7.85. The van der Waals surface area contributed by atoms with Gasteiger partial charge in [0.15, 0.2) is 0 Å². The van der Waals surface area contributed by atoms with Gasteiger partial charge in [0.05, 0.1) is 0 Å². The molecule has 0 N–H and O–H groups in total. The van der Waals surface area contributed by atoms with Gasteiger partial charge in [-0.1, -0.05) is 30.7 Å². The molecule has 14 heavy (non-hydrogen) atoms. The van der Waals surface area contributed by atoms with Crippen molar-refractivity contribution in [2.45, 2.75) is 26.2 Å². The van der Waals surface area contributed by atoms with Gasteiger partial charge in [-0.05, 0) is 42.4 Å². The minimum atomic E-state index is 0.568. The van der Waals surface area contributed by atoms with Crippen LogP contribution in [-0.4, -0.2) is 4.98 Å². The molecule has 0 saturated heterocycles. The summed E-state index contributed by atoms with van der Waals surface area (Å²) in [7, 11) is 0. The molecule has 2 heteroatoms. The van der Waals surface area contributed by atoms with E-state index in [9.17, 15) is 0 Å². The zero-order valence-electron chi connectivity index (χ0n) is 8.33. The molecule has 2 rings (SSSR count). The first-order chi connectivity index (χ1) is 6.75. The van der Waals surface area contributed by atoms with E-state index in [0.29, 0.717) is 5.15 Å². The van der Waals surface area contributed by atoms with Crippen molar-refractivity contribution >= 4 is 17.2 Å². The third kappa shape index (κ3) is 2.16. The van der Waals surface area contributed by atoms with Gasteiger partial charge < -0.3 is 0 Å². The zero-order valence-corrected chi connectivity index (χ0v) is 9.09.